The Morgan fingerprint density at radius 3 is 2.45 bits per heavy atom. The van der Waals surface area contributed by atoms with Gasteiger partial charge < -0.3 is 15.4 Å². The number of benzene rings is 2. The summed E-state index contributed by atoms with van der Waals surface area (Å²) in [6, 6.07) is 17.1. The number of hydrogen-bond donors (Lipinski definition) is 2. The van der Waals surface area contributed by atoms with Crippen molar-refractivity contribution in [3.05, 3.63) is 83.7 Å². The Labute approximate surface area is 168 Å². The van der Waals surface area contributed by atoms with E-state index in [1.165, 1.54) is 18.5 Å². The van der Waals surface area contributed by atoms with Crippen molar-refractivity contribution in [2.24, 2.45) is 0 Å². The van der Waals surface area contributed by atoms with E-state index in [1.807, 2.05) is 19.1 Å². The third-order valence-electron chi connectivity index (χ3n) is 3.95. The van der Waals surface area contributed by atoms with Crippen molar-refractivity contribution < 1.29 is 14.3 Å². The quantitative estimate of drug-likeness (QED) is 0.669. The Balaban J connectivity index is 1.76. The largest absolute Gasteiger partial charge is 0.492 e. The fraction of sp³-hybridized carbons (Fsp3) is 0.0909. The summed E-state index contributed by atoms with van der Waals surface area (Å²) in [5.41, 5.74) is 1.90. The summed E-state index contributed by atoms with van der Waals surface area (Å²) in [4.78, 5) is 29.1. The third-order valence-corrected chi connectivity index (χ3v) is 3.95. The molecule has 7 nitrogen and oxygen atoms in total. The Hall–Kier alpha value is -4.18. The van der Waals surface area contributed by atoms with Crippen LogP contribution in [0.1, 0.15) is 33.2 Å². The molecule has 0 atom stereocenters. The molecule has 29 heavy (non-hydrogen) atoms. The zero-order chi connectivity index (χ0) is 20.6. The van der Waals surface area contributed by atoms with Gasteiger partial charge in [-0.25, -0.2) is 0 Å². The molecule has 2 amide bonds. The molecule has 0 saturated heterocycles. The minimum absolute atomic E-state index is 0.220. The Morgan fingerprint density at radius 1 is 1.00 bits per heavy atom. The Bertz CT molecular complexity index is 1090. The Morgan fingerprint density at radius 2 is 1.72 bits per heavy atom. The minimum Gasteiger partial charge on any atom is -0.492 e. The summed E-state index contributed by atoms with van der Waals surface area (Å²) >= 11 is 0. The fourth-order valence-electron chi connectivity index (χ4n) is 2.60. The van der Waals surface area contributed by atoms with Crippen molar-refractivity contribution in [3.8, 4) is 11.8 Å². The normalized spacial score (nSPS) is 9.93. The van der Waals surface area contributed by atoms with Crippen molar-refractivity contribution in [2.75, 3.05) is 17.2 Å². The van der Waals surface area contributed by atoms with Crippen LogP contribution in [0.3, 0.4) is 0 Å². The topological polar surface area (TPSA) is 104 Å². The molecule has 7 heteroatoms. The molecule has 3 aromatic rings. The summed E-state index contributed by atoms with van der Waals surface area (Å²) in [6.45, 7) is 2.33. The first-order valence-corrected chi connectivity index (χ1v) is 8.90. The molecule has 2 N–H and O–H groups in total. The lowest BCUT2D eigenvalue weighted by Gasteiger charge is -2.11. The van der Waals surface area contributed by atoms with Gasteiger partial charge in [0, 0.05) is 18.1 Å². The average molecular weight is 386 g/mol. The highest BCUT2D eigenvalue weighted by Gasteiger charge is 2.14. The van der Waals surface area contributed by atoms with Gasteiger partial charge in [-0.1, -0.05) is 18.2 Å². The first-order chi connectivity index (χ1) is 14.1. The lowest BCUT2D eigenvalue weighted by atomic mass is 10.1. The predicted molar refractivity (Wildman–Crippen MR) is 109 cm³/mol. The zero-order valence-corrected chi connectivity index (χ0v) is 15.7. The summed E-state index contributed by atoms with van der Waals surface area (Å²) in [7, 11) is 0. The highest BCUT2D eigenvalue weighted by molar-refractivity contribution is 6.08. The standard InChI is InChI=1S/C22H18N4O3/c1-2-29-20-9-4-3-8-19(20)26-22(28)17-11-16(13-24-14-17)21(27)25-18-7-5-6-15(10-18)12-23/h3-11,13-14H,2H2,1H3,(H,25,27)(H,26,28). The van der Waals surface area contributed by atoms with Gasteiger partial charge in [0.25, 0.3) is 11.8 Å². The van der Waals surface area contributed by atoms with Crippen LogP contribution in [0.25, 0.3) is 0 Å². The van der Waals surface area contributed by atoms with E-state index in [2.05, 4.69) is 15.6 Å². The van der Waals surface area contributed by atoms with E-state index in [9.17, 15) is 9.59 Å². The number of hydrogen-bond acceptors (Lipinski definition) is 5. The number of carbonyl (C=O) groups excluding carboxylic acids is 2. The number of nitrogens with zero attached hydrogens (tertiary/aromatic N) is 2. The van der Waals surface area contributed by atoms with Crippen molar-refractivity contribution in [1.29, 1.82) is 5.26 Å². The number of para-hydroxylation sites is 2. The monoisotopic (exact) mass is 386 g/mol. The van der Waals surface area contributed by atoms with Gasteiger partial charge in [-0.05, 0) is 43.3 Å². The highest BCUT2D eigenvalue weighted by Crippen LogP contribution is 2.24. The number of aromatic nitrogens is 1. The summed E-state index contributed by atoms with van der Waals surface area (Å²) in [6.07, 6.45) is 2.75. The number of carbonyl (C=O) groups is 2. The highest BCUT2D eigenvalue weighted by atomic mass is 16.5. The second-order valence-corrected chi connectivity index (χ2v) is 5.99. The van der Waals surface area contributed by atoms with E-state index >= 15 is 0 Å². The van der Waals surface area contributed by atoms with Crippen LogP contribution in [0, 0.1) is 11.3 Å². The lowest BCUT2D eigenvalue weighted by Crippen LogP contribution is -2.16. The van der Waals surface area contributed by atoms with E-state index in [1.54, 1.807) is 42.5 Å². The molecule has 0 saturated carbocycles. The summed E-state index contributed by atoms with van der Waals surface area (Å²) < 4.78 is 5.50. The minimum atomic E-state index is -0.433. The van der Waals surface area contributed by atoms with Gasteiger partial charge in [-0.3, -0.25) is 14.6 Å². The number of nitrogens with one attached hydrogen (secondary N) is 2. The summed E-state index contributed by atoms with van der Waals surface area (Å²) in [5, 5.41) is 14.4. The number of rotatable bonds is 6. The average Bonchev–Trinajstić information content (AvgIpc) is 2.75. The van der Waals surface area contributed by atoms with Crippen LogP contribution in [0.2, 0.25) is 0 Å². The molecule has 144 valence electrons. The fourth-order valence-corrected chi connectivity index (χ4v) is 2.60. The molecule has 0 aliphatic heterocycles. The predicted octanol–water partition coefficient (Wildman–Crippen LogP) is 3.86. The molecule has 0 spiro atoms. The molecule has 0 aliphatic carbocycles. The number of anilines is 2. The molecule has 0 bridgehead atoms. The van der Waals surface area contributed by atoms with Crippen molar-refractivity contribution in [1.82, 2.24) is 4.98 Å². The van der Waals surface area contributed by atoms with Gasteiger partial charge in [0.15, 0.2) is 0 Å². The molecule has 1 heterocycles. The van der Waals surface area contributed by atoms with Crippen LogP contribution in [-0.2, 0) is 0 Å². The van der Waals surface area contributed by atoms with E-state index in [0.717, 1.165) is 0 Å². The molecule has 1 aromatic heterocycles. The third kappa shape index (κ3) is 4.96. The number of nitriles is 1. The van der Waals surface area contributed by atoms with Gasteiger partial charge in [0.1, 0.15) is 5.75 Å². The van der Waals surface area contributed by atoms with Crippen LogP contribution in [0.4, 0.5) is 11.4 Å². The molecule has 0 aliphatic rings. The lowest BCUT2D eigenvalue weighted by molar-refractivity contribution is 0.102. The summed E-state index contributed by atoms with van der Waals surface area (Å²) in [5.74, 6) is -0.287. The van der Waals surface area contributed by atoms with Crippen molar-refractivity contribution in [3.63, 3.8) is 0 Å². The zero-order valence-electron chi connectivity index (χ0n) is 15.7. The van der Waals surface area contributed by atoms with Crippen LogP contribution in [0.5, 0.6) is 5.75 Å². The van der Waals surface area contributed by atoms with Crippen LogP contribution >= 0.6 is 0 Å². The SMILES string of the molecule is CCOc1ccccc1NC(=O)c1cncc(C(=O)Nc2cccc(C#N)c2)c1. The molecule has 0 radical (unpaired) electrons. The smallest absolute Gasteiger partial charge is 0.257 e. The Kier molecular flexibility index (Phi) is 6.18. The molecule has 2 aromatic carbocycles. The molecular weight excluding hydrogens is 368 g/mol. The van der Waals surface area contributed by atoms with Crippen molar-refractivity contribution >= 4 is 23.2 Å². The van der Waals surface area contributed by atoms with Gasteiger partial charge in [0.2, 0.25) is 0 Å². The number of ether oxygens (including phenoxy) is 1. The second kappa shape index (κ2) is 9.15. The second-order valence-electron chi connectivity index (χ2n) is 5.99. The van der Waals surface area contributed by atoms with Crippen molar-refractivity contribution in [2.45, 2.75) is 6.92 Å². The molecule has 0 unspecified atom stereocenters. The first kappa shape index (κ1) is 19.6. The number of amides is 2. The first-order valence-electron chi connectivity index (χ1n) is 8.90. The van der Waals surface area contributed by atoms with Crippen LogP contribution in [-0.4, -0.2) is 23.4 Å². The maximum absolute atomic E-state index is 12.6. The molecule has 0 fully saturated rings. The van der Waals surface area contributed by atoms with E-state index in [-0.39, 0.29) is 11.1 Å². The van der Waals surface area contributed by atoms with Gasteiger partial charge in [0.05, 0.1) is 35.1 Å². The van der Waals surface area contributed by atoms with Crippen LogP contribution < -0.4 is 15.4 Å². The maximum Gasteiger partial charge on any atom is 0.257 e. The van der Waals surface area contributed by atoms with Gasteiger partial charge in [-0.15, -0.1) is 0 Å². The van der Waals surface area contributed by atoms with E-state index in [4.69, 9.17) is 10.00 Å². The van der Waals surface area contributed by atoms with Gasteiger partial charge in [-0.2, -0.15) is 5.26 Å². The van der Waals surface area contributed by atoms with E-state index in [0.29, 0.717) is 29.3 Å². The van der Waals surface area contributed by atoms with Gasteiger partial charge >= 0.3 is 0 Å². The van der Waals surface area contributed by atoms with E-state index < -0.39 is 11.8 Å². The molecular formula is C22H18N4O3. The number of pyridine rings is 1. The molecule has 3 rings (SSSR count). The van der Waals surface area contributed by atoms with Crippen LogP contribution in [0.15, 0.2) is 67.0 Å². The maximum atomic E-state index is 12.6.